The summed E-state index contributed by atoms with van der Waals surface area (Å²) in [7, 11) is -3.56. The molecule has 0 amide bonds. The topological polar surface area (TPSA) is 64.6 Å². The highest BCUT2D eigenvalue weighted by Gasteiger charge is 2.26. The molecule has 0 radical (unpaired) electrons. The van der Waals surface area contributed by atoms with E-state index in [-0.39, 0.29) is 4.90 Å². The Hall–Kier alpha value is -1.76. The number of rotatable bonds is 5. The van der Waals surface area contributed by atoms with Crippen LogP contribution in [0.5, 0.6) is 11.5 Å². The maximum absolute atomic E-state index is 12.4. The van der Waals surface area contributed by atoms with Gasteiger partial charge in [-0.05, 0) is 36.8 Å². The first-order valence-electron chi connectivity index (χ1n) is 8.23. The molecule has 0 unspecified atom stereocenters. The number of fused-ring (bicyclic) bond motifs is 2. The number of halogens is 1. The number of ether oxygens (including phenoxy) is 2. The molecule has 7 heteroatoms. The van der Waals surface area contributed by atoms with Crippen LogP contribution in [0.3, 0.4) is 0 Å². The Bertz CT molecular complexity index is 877. The second-order valence-electron chi connectivity index (χ2n) is 6.12. The molecule has 2 aromatic carbocycles. The number of nitrogens with one attached hydrogen (secondary N) is 1. The summed E-state index contributed by atoms with van der Waals surface area (Å²) >= 11 is 5.81. The summed E-state index contributed by atoms with van der Waals surface area (Å²) in [5.41, 5.74) is 3.36. The molecule has 0 aromatic heterocycles. The van der Waals surface area contributed by atoms with Gasteiger partial charge in [0.2, 0.25) is 10.0 Å². The van der Waals surface area contributed by atoms with Crippen molar-refractivity contribution in [3.63, 3.8) is 0 Å². The zero-order chi connectivity index (χ0) is 17.4. The Kier molecular flexibility index (Phi) is 4.35. The molecule has 2 aromatic rings. The molecule has 2 aliphatic rings. The van der Waals surface area contributed by atoms with Crippen molar-refractivity contribution in [1.82, 2.24) is 4.72 Å². The largest absolute Gasteiger partial charge is 0.493 e. The molecule has 0 saturated carbocycles. The van der Waals surface area contributed by atoms with Crippen molar-refractivity contribution >= 4 is 21.6 Å². The van der Waals surface area contributed by atoms with E-state index in [2.05, 4.69) is 10.8 Å². The number of hydrogen-bond donors (Lipinski definition) is 1. The summed E-state index contributed by atoms with van der Waals surface area (Å²) in [5.74, 6) is 1.83. The third-order valence-electron chi connectivity index (χ3n) is 4.55. The van der Waals surface area contributed by atoms with Gasteiger partial charge >= 0.3 is 0 Å². The molecule has 25 heavy (non-hydrogen) atoms. The summed E-state index contributed by atoms with van der Waals surface area (Å²) in [6, 6.07) is 8.20. The summed E-state index contributed by atoms with van der Waals surface area (Å²) in [4.78, 5) is 0.208. The smallest absolute Gasteiger partial charge is 0.240 e. The molecule has 0 aliphatic carbocycles. The molecule has 1 N–H and O–H groups in total. The quantitative estimate of drug-likeness (QED) is 0.867. The van der Waals surface area contributed by atoms with Crippen molar-refractivity contribution in [1.29, 1.82) is 0 Å². The standard InChI is InChI=1S/C18H18ClNO4S/c19-13-1-3-14(4-2-13)25(21,22)20-8-5-16-15-7-10-23-17(15)11-12-6-9-24-18(12)16/h1-4,11,20H,5-10H2. The van der Waals surface area contributed by atoms with Crippen LogP contribution >= 0.6 is 11.6 Å². The zero-order valence-corrected chi connectivity index (χ0v) is 15.1. The van der Waals surface area contributed by atoms with E-state index in [1.54, 1.807) is 12.1 Å². The fraction of sp³-hybridized carbons (Fsp3) is 0.333. The van der Waals surface area contributed by atoms with Crippen molar-refractivity contribution in [3.05, 3.63) is 52.0 Å². The van der Waals surface area contributed by atoms with Crippen LogP contribution in [0.4, 0.5) is 0 Å². The molecule has 2 aliphatic heterocycles. The first kappa shape index (κ1) is 16.7. The van der Waals surface area contributed by atoms with Gasteiger partial charge < -0.3 is 9.47 Å². The highest BCUT2D eigenvalue weighted by Crippen LogP contribution is 2.40. The molecule has 2 heterocycles. The number of hydrogen-bond acceptors (Lipinski definition) is 4. The van der Waals surface area contributed by atoms with E-state index in [1.807, 2.05) is 0 Å². The normalized spacial score (nSPS) is 15.4. The second-order valence-corrected chi connectivity index (χ2v) is 8.32. The van der Waals surface area contributed by atoms with Crippen LogP contribution in [-0.2, 0) is 29.3 Å². The van der Waals surface area contributed by atoms with E-state index in [0.29, 0.717) is 31.2 Å². The molecule has 5 nitrogen and oxygen atoms in total. The minimum absolute atomic E-state index is 0.208. The monoisotopic (exact) mass is 379 g/mol. The lowest BCUT2D eigenvalue weighted by molar-refractivity contribution is 0.353. The Labute approximate surface area is 152 Å². The van der Waals surface area contributed by atoms with Crippen LogP contribution in [0.15, 0.2) is 35.2 Å². The Morgan fingerprint density at radius 2 is 1.84 bits per heavy atom. The van der Waals surface area contributed by atoms with Gasteiger partial charge in [-0.2, -0.15) is 0 Å². The maximum atomic E-state index is 12.4. The highest BCUT2D eigenvalue weighted by atomic mass is 35.5. The van der Waals surface area contributed by atoms with Crippen LogP contribution in [0.2, 0.25) is 5.02 Å². The van der Waals surface area contributed by atoms with Gasteiger partial charge in [-0.25, -0.2) is 13.1 Å². The molecular formula is C18H18ClNO4S. The lowest BCUT2D eigenvalue weighted by atomic mass is 9.97. The first-order chi connectivity index (χ1) is 12.0. The fourth-order valence-electron chi connectivity index (χ4n) is 3.36. The van der Waals surface area contributed by atoms with Gasteiger partial charge in [0.25, 0.3) is 0 Å². The average molecular weight is 380 g/mol. The third kappa shape index (κ3) is 3.21. The summed E-state index contributed by atoms with van der Waals surface area (Å²) in [6.07, 6.45) is 2.28. The van der Waals surface area contributed by atoms with Gasteiger partial charge in [0.15, 0.2) is 0 Å². The summed E-state index contributed by atoms with van der Waals surface area (Å²) < 4.78 is 38.9. The van der Waals surface area contributed by atoms with Crippen molar-refractivity contribution in [2.75, 3.05) is 19.8 Å². The van der Waals surface area contributed by atoms with E-state index < -0.39 is 10.0 Å². The van der Waals surface area contributed by atoms with Crippen molar-refractivity contribution in [2.24, 2.45) is 0 Å². The zero-order valence-electron chi connectivity index (χ0n) is 13.5. The number of sulfonamides is 1. The summed E-state index contributed by atoms with van der Waals surface area (Å²) in [6.45, 7) is 1.64. The van der Waals surface area contributed by atoms with E-state index in [4.69, 9.17) is 21.1 Å². The first-order valence-corrected chi connectivity index (χ1v) is 10.1. The van der Waals surface area contributed by atoms with Gasteiger partial charge in [0, 0.05) is 41.1 Å². The molecule has 0 bridgehead atoms. The Balaban J connectivity index is 1.52. The van der Waals surface area contributed by atoms with Gasteiger partial charge in [-0.1, -0.05) is 11.6 Å². The van der Waals surface area contributed by atoms with Crippen LogP contribution in [0, 0.1) is 0 Å². The molecule has 0 atom stereocenters. The predicted molar refractivity (Wildman–Crippen MR) is 95.2 cm³/mol. The van der Waals surface area contributed by atoms with Gasteiger partial charge in [-0.3, -0.25) is 0 Å². The van der Waals surface area contributed by atoms with Crippen LogP contribution in [0.25, 0.3) is 0 Å². The van der Waals surface area contributed by atoms with Crippen LogP contribution in [0.1, 0.15) is 16.7 Å². The lowest BCUT2D eigenvalue weighted by Gasteiger charge is -2.13. The molecule has 4 rings (SSSR count). The van der Waals surface area contributed by atoms with E-state index >= 15 is 0 Å². The predicted octanol–water partition coefficient (Wildman–Crippen LogP) is 2.73. The maximum Gasteiger partial charge on any atom is 0.240 e. The van der Waals surface area contributed by atoms with Gasteiger partial charge in [0.05, 0.1) is 18.1 Å². The van der Waals surface area contributed by atoms with E-state index in [1.165, 1.54) is 12.1 Å². The molecule has 0 saturated heterocycles. The lowest BCUT2D eigenvalue weighted by Crippen LogP contribution is -2.26. The minimum Gasteiger partial charge on any atom is -0.493 e. The molecular weight excluding hydrogens is 362 g/mol. The molecule has 0 spiro atoms. The second kappa shape index (κ2) is 6.52. The Morgan fingerprint density at radius 3 is 2.64 bits per heavy atom. The SMILES string of the molecule is O=S(=O)(NCCc1c2c(cc3c1OCC3)OCC2)c1ccc(Cl)cc1. The third-order valence-corrected chi connectivity index (χ3v) is 6.28. The van der Waals surface area contributed by atoms with Gasteiger partial charge in [0.1, 0.15) is 11.5 Å². The molecule has 132 valence electrons. The highest BCUT2D eigenvalue weighted by molar-refractivity contribution is 7.89. The Morgan fingerprint density at radius 1 is 1.08 bits per heavy atom. The van der Waals surface area contributed by atoms with Crippen molar-refractivity contribution in [3.8, 4) is 11.5 Å². The van der Waals surface area contributed by atoms with Crippen molar-refractivity contribution < 1.29 is 17.9 Å². The summed E-state index contributed by atoms with van der Waals surface area (Å²) in [5, 5.41) is 0.506. The minimum atomic E-state index is -3.56. The van der Waals surface area contributed by atoms with E-state index in [0.717, 1.165) is 41.0 Å². The molecule has 0 fully saturated rings. The van der Waals surface area contributed by atoms with Gasteiger partial charge in [-0.15, -0.1) is 0 Å². The van der Waals surface area contributed by atoms with E-state index in [9.17, 15) is 8.42 Å². The van der Waals surface area contributed by atoms with Crippen LogP contribution < -0.4 is 14.2 Å². The van der Waals surface area contributed by atoms with Crippen molar-refractivity contribution in [2.45, 2.75) is 24.2 Å². The average Bonchev–Trinajstić information content (AvgIpc) is 3.23. The fourth-order valence-corrected chi connectivity index (χ4v) is 4.51. The number of benzene rings is 2. The van der Waals surface area contributed by atoms with Crippen LogP contribution in [-0.4, -0.2) is 28.2 Å².